The van der Waals surface area contributed by atoms with Crippen LogP contribution in [0.25, 0.3) is 11.1 Å². The van der Waals surface area contributed by atoms with Crippen LogP contribution in [0.2, 0.25) is 0 Å². The number of nitrogens with one attached hydrogen (secondary N) is 1. The van der Waals surface area contributed by atoms with Gasteiger partial charge in [-0.25, -0.2) is 9.59 Å². The minimum absolute atomic E-state index is 0.102. The van der Waals surface area contributed by atoms with Crippen molar-refractivity contribution in [2.45, 2.75) is 74.9 Å². The first-order valence-electron chi connectivity index (χ1n) is 16.3. The normalized spacial score (nSPS) is 24.5. The number of anilines is 1. The molecule has 3 aromatic rings. The molecule has 46 heavy (non-hydrogen) atoms. The Kier molecular flexibility index (Phi) is 7.79. The summed E-state index contributed by atoms with van der Waals surface area (Å²) in [6.45, 7) is 2.58. The molecule has 0 unspecified atom stereocenters. The van der Waals surface area contributed by atoms with Crippen LogP contribution in [-0.2, 0) is 29.3 Å². The number of amides is 3. The molecule has 9 heteroatoms. The van der Waals surface area contributed by atoms with Gasteiger partial charge in [0, 0.05) is 18.2 Å². The van der Waals surface area contributed by atoms with E-state index in [1.54, 1.807) is 4.90 Å². The number of carbonyl (C=O) groups is 4. The zero-order valence-corrected chi connectivity index (χ0v) is 26.2. The number of carbonyl (C=O) groups excluding carboxylic acids is 4. The highest BCUT2D eigenvalue weighted by atomic mass is 16.6. The fourth-order valence-electron chi connectivity index (χ4n) is 8.38. The number of hydrogen-bond acceptors (Lipinski definition) is 6. The standard InChI is InChI=1S/C37H39N3O6/c1-3-4-19-32-37(28-16-9-10-17-29(28)38-35(37)43)21-31(34(42)45-2)40(32)33(41)30-18-11-20-39(30)36(44)46-22-27-25-14-7-5-12-23(25)24-13-6-8-15-26(24)27/h5-10,12-17,27,30-32H,3-4,11,18-22H2,1-2H3,(H,38,43)/t30-,31-,32-,37-/m0/s1. The third kappa shape index (κ3) is 4.58. The maximum Gasteiger partial charge on any atom is 0.410 e. The number of rotatable bonds is 7. The maximum absolute atomic E-state index is 14.7. The molecule has 3 aromatic carbocycles. The fourth-order valence-corrected chi connectivity index (χ4v) is 8.38. The summed E-state index contributed by atoms with van der Waals surface area (Å²) in [5, 5.41) is 3.01. The van der Waals surface area contributed by atoms with Crippen LogP contribution in [0.15, 0.2) is 72.8 Å². The van der Waals surface area contributed by atoms with E-state index in [1.165, 1.54) is 12.0 Å². The molecule has 4 atom stereocenters. The summed E-state index contributed by atoms with van der Waals surface area (Å²) in [6.07, 6.45) is 2.82. The molecule has 1 spiro atoms. The molecule has 1 aliphatic carbocycles. The number of unbranched alkanes of at least 4 members (excludes halogenated alkanes) is 1. The predicted octanol–water partition coefficient (Wildman–Crippen LogP) is 5.62. The number of nitrogens with zero attached hydrogens (tertiary/aromatic N) is 2. The van der Waals surface area contributed by atoms with Crippen molar-refractivity contribution in [1.29, 1.82) is 0 Å². The second kappa shape index (κ2) is 11.9. The molecule has 4 aliphatic rings. The SMILES string of the molecule is CCCC[C@@H]1N(C(=O)[C@@H]2CCCN2C(=O)OCC2c3ccccc3-c3ccccc32)[C@H](C(=O)OC)C[C@@]12C(=O)Nc1ccccc12. The lowest BCUT2D eigenvalue weighted by molar-refractivity contribution is -0.154. The molecule has 3 heterocycles. The summed E-state index contributed by atoms with van der Waals surface area (Å²) in [4.78, 5) is 58.7. The minimum atomic E-state index is -1.09. The zero-order valence-electron chi connectivity index (χ0n) is 26.2. The van der Waals surface area contributed by atoms with E-state index >= 15 is 0 Å². The lowest BCUT2D eigenvalue weighted by atomic mass is 9.72. The third-order valence-electron chi connectivity index (χ3n) is 10.5. The van der Waals surface area contributed by atoms with Gasteiger partial charge in [-0.1, -0.05) is 86.5 Å². The van der Waals surface area contributed by atoms with E-state index in [9.17, 15) is 19.2 Å². The van der Waals surface area contributed by atoms with E-state index in [0.29, 0.717) is 31.5 Å². The van der Waals surface area contributed by atoms with Crippen LogP contribution >= 0.6 is 0 Å². The number of fused-ring (bicyclic) bond motifs is 5. The van der Waals surface area contributed by atoms with Gasteiger partial charge >= 0.3 is 12.1 Å². The molecule has 238 valence electrons. The number of para-hydroxylation sites is 1. The molecule has 0 bridgehead atoms. The van der Waals surface area contributed by atoms with Crippen LogP contribution in [0, 0.1) is 0 Å². The Balaban J connectivity index is 1.17. The number of likely N-dealkylation sites (tertiary alicyclic amines) is 2. The van der Waals surface area contributed by atoms with Gasteiger partial charge in [-0.15, -0.1) is 0 Å². The summed E-state index contributed by atoms with van der Waals surface area (Å²) in [5.74, 6) is -1.21. The van der Waals surface area contributed by atoms with E-state index in [-0.39, 0.29) is 30.8 Å². The number of methoxy groups -OCH3 is 1. The van der Waals surface area contributed by atoms with Crippen LogP contribution in [-0.4, -0.2) is 72.1 Å². The molecule has 3 amide bonds. The van der Waals surface area contributed by atoms with Gasteiger partial charge in [-0.05, 0) is 59.6 Å². The molecule has 0 aromatic heterocycles. The van der Waals surface area contributed by atoms with Gasteiger partial charge < -0.3 is 19.7 Å². The minimum Gasteiger partial charge on any atom is -0.467 e. The van der Waals surface area contributed by atoms with Crippen molar-refractivity contribution in [1.82, 2.24) is 9.80 Å². The summed E-state index contributed by atoms with van der Waals surface area (Å²) in [6, 6.07) is 21.5. The summed E-state index contributed by atoms with van der Waals surface area (Å²) in [7, 11) is 1.30. The molecular formula is C37H39N3O6. The molecule has 3 aliphatic heterocycles. The van der Waals surface area contributed by atoms with Crippen molar-refractivity contribution in [3.05, 3.63) is 89.5 Å². The molecule has 7 rings (SSSR count). The number of ether oxygens (including phenoxy) is 2. The second-order valence-electron chi connectivity index (χ2n) is 12.8. The van der Waals surface area contributed by atoms with Crippen LogP contribution in [0.4, 0.5) is 10.5 Å². The molecule has 0 radical (unpaired) electrons. The highest BCUT2D eigenvalue weighted by Crippen LogP contribution is 2.52. The Morgan fingerprint density at radius 2 is 1.61 bits per heavy atom. The monoisotopic (exact) mass is 621 g/mol. The summed E-state index contributed by atoms with van der Waals surface area (Å²) in [5.41, 5.74) is 4.92. The third-order valence-corrected chi connectivity index (χ3v) is 10.5. The Morgan fingerprint density at radius 1 is 0.935 bits per heavy atom. The van der Waals surface area contributed by atoms with Gasteiger partial charge in [0.2, 0.25) is 11.8 Å². The summed E-state index contributed by atoms with van der Waals surface area (Å²) < 4.78 is 11.2. The van der Waals surface area contributed by atoms with Gasteiger partial charge in [0.1, 0.15) is 18.7 Å². The molecule has 9 nitrogen and oxygen atoms in total. The molecule has 1 N–H and O–H groups in total. The van der Waals surface area contributed by atoms with E-state index in [1.807, 2.05) is 48.5 Å². The highest BCUT2D eigenvalue weighted by molar-refractivity contribution is 6.09. The first kappa shape index (κ1) is 30.0. The van der Waals surface area contributed by atoms with Crippen molar-refractivity contribution in [2.75, 3.05) is 25.6 Å². The average Bonchev–Trinajstić information content (AvgIpc) is 3.85. The van der Waals surface area contributed by atoms with Crippen LogP contribution in [0.1, 0.15) is 68.1 Å². The quantitative estimate of drug-likeness (QED) is 0.344. The van der Waals surface area contributed by atoms with Crippen molar-refractivity contribution in [3.63, 3.8) is 0 Å². The first-order chi connectivity index (χ1) is 22.4. The Morgan fingerprint density at radius 3 is 2.30 bits per heavy atom. The Labute approximate surface area is 268 Å². The lowest BCUT2D eigenvalue weighted by Gasteiger charge is -2.37. The maximum atomic E-state index is 14.7. The van der Waals surface area contributed by atoms with E-state index in [0.717, 1.165) is 40.7 Å². The van der Waals surface area contributed by atoms with Crippen LogP contribution in [0.5, 0.6) is 0 Å². The number of benzene rings is 3. The van der Waals surface area contributed by atoms with E-state index in [2.05, 4.69) is 36.5 Å². The molecular weight excluding hydrogens is 582 g/mol. The Bertz CT molecular complexity index is 1660. The highest BCUT2D eigenvalue weighted by Gasteiger charge is 2.64. The van der Waals surface area contributed by atoms with Crippen molar-refractivity contribution >= 4 is 29.6 Å². The largest absolute Gasteiger partial charge is 0.467 e. The van der Waals surface area contributed by atoms with Crippen molar-refractivity contribution < 1.29 is 28.7 Å². The zero-order chi connectivity index (χ0) is 32.0. The van der Waals surface area contributed by atoms with Gasteiger partial charge in [0.25, 0.3) is 0 Å². The van der Waals surface area contributed by atoms with Gasteiger partial charge in [-0.3, -0.25) is 14.5 Å². The molecule has 2 fully saturated rings. The first-order valence-corrected chi connectivity index (χ1v) is 16.3. The van der Waals surface area contributed by atoms with E-state index in [4.69, 9.17) is 9.47 Å². The lowest BCUT2D eigenvalue weighted by Crippen LogP contribution is -2.56. The predicted molar refractivity (Wildman–Crippen MR) is 172 cm³/mol. The van der Waals surface area contributed by atoms with Gasteiger partial charge in [-0.2, -0.15) is 0 Å². The molecule has 2 saturated heterocycles. The average molecular weight is 622 g/mol. The van der Waals surface area contributed by atoms with Crippen LogP contribution in [0.3, 0.4) is 0 Å². The summed E-state index contributed by atoms with van der Waals surface area (Å²) >= 11 is 0. The smallest absolute Gasteiger partial charge is 0.410 e. The number of hydrogen-bond donors (Lipinski definition) is 1. The van der Waals surface area contributed by atoms with Gasteiger partial charge in [0.15, 0.2) is 0 Å². The molecule has 0 saturated carbocycles. The van der Waals surface area contributed by atoms with Crippen molar-refractivity contribution in [2.24, 2.45) is 0 Å². The fraction of sp³-hybridized carbons (Fsp3) is 0.405. The number of esters is 1. The van der Waals surface area contributed by atoms with Crippen molar-refractivity contribution in [3.8, 4) is 11.1 Å². The Hall–Kier alpha value is -4.66. The topological polar surface area (TPSA) is 105 Å². The second-order valence-corrected chi connectivity index (χ2v) is 12.8. The van der Waals surface area contributed by atoms with Gasteiger partial charge in [0.05, 0.1) is 18.6 Å². The van der Waals surface area contributed by atoms with Crippen LogP contribution < -0.4 is 5.32 Å². The van der Waals surface area contributed by atoms with E-state index < -0.39 is 35.6 Å².